The Hall–Kier alpha value is -1.66. The van der Waals surface area contributed by atoms with Crippen LogP contribution in [0.15, 0.2) is 36.5 Å². The van der Waals surface area contributed by atoms with Crippen LogP contribution in [0.5, 0.6) is 0 Å². The van der Waals surface area contributed by atoms with E-state index in [-0.39, 0.29) is 16.7 Å². The second-order valence-electron chi connectivity index (χ2n) is 4.41. The Kier molecular flexibility index (Phi) is 22.5. The molecule has 0 fully saturated rings. The first-order valence-corrected chi connectivity index (χ1v) is 6.94. The summed E-state index contributed by atoms with van der Waals surface area (Å²) >= 11 is 2.17. The van der Waals surface area contributed by atoms with Crippen molar-refractivity contribution in [3.8, 4) is 0 Å². The Labute approximate surface area is 143 Å². The molecule has 7 heteroatoms. The summed E-state index contributed by atoms with van der Waals surface area (Å²) < 4.78 is 0.833. The molecule has 0 saturated heterocycles. The van der Waals surface area contributed by atoms with Crippen LogP contribution in [-0.4, -0.2) is 33.2 Å². The number of aliphatic carboxylic acids is 3. The van der Waals surface area contributed by atoms with E-state index < -0.39 is 17.9 Å². The van der Waals surface area contributed by atoms with Gasteiger partial charge in [-0.15, -0.1) is 0 Å². The van der Waals surface area contributed by atoms with Crippen molar-refractivity contribution >= 4 is 17.9 Å². The summed E-state index contributed by atoms with van der Waals surface area (Å²) in [4.78, 5) is 28.8. The van der Waals surface area contributed by atoms with Gasteiger partial charge in [-0.05, 0) is 20.8 Å². The van der Waals surface area contributed by atoms with Gasteiger partial charge < -0.3 is 15.3 Å². The molecule has 0 aliphatic heterocycles. The van der Waals surface area contributed by atoms with E-state index in [0.29, 0.717) is 0 Å². The first kappa shape index (κ1) is 28.5. The standard InChI is InChI=1S/3C4H6O2.C3H7.Ti/c3*1-3(2)4(5)6;1-3-2;/h3*1H2,2H3,(H,5,6);3H,1-2H3;. The minimum atomic E-state index is -0.935. The van der Waals surface area contributed by atoms with Gasteiger partial charge in [-0.2, -0.15) is 0 Å². The molecule has 0 radical (unpaired) electrons. The van der Waals surface area contributed by atoms with E-state index >= 15 is 0 Å². The van der Waals surface area contributed by atoms with Crippen molar-refractivity contribution in [1.29, 1.82) is 0 Å². The van der Waals surface area contributed by atoms with Gasteiger partial charge in [-0.3, -0.25) is 0 Å². The van der Waals surface area contributed by atoms with Gasteiger partial charge in [0.1, 0.15) is 0 Å². The van der Waals surface area contributed by atoms with Crippen molar-refractivity contribution in [1.82, 2.24) is 0 Å². The Morgan fingerprint density at radius 2 is 0.773 bits per heavy atom. The summed E-state index contributed by atoms with van der Waals surface area (Å²) in [5, 5.41) is 23.7. The molecule has 0 aromatic rings. The summed E-state index contributed by atoms with van der Waals surface area (Å²) in [5.74, 6) is -2.81. The molecule has 0 aromatic carbocycles. The number of rotatable bonds is 3. The molecule has 3 N–H and O–H groups in total. The van der Waals surface area contributed by atoms with Crippen LogP contribution in [0.25, 0.3) is 0 Å². The maximum atomic E-state index is 9.60. The molecule has 22 heavy (non-hydrogen) atoms. The quantitative estimate of drug-likeness (QED) is 0.532. The van der Waals surface area contributed by atoms with Gasteiger partial charge in [0.05, 0.1) is 0 Å². The minimum absolute atomic E-state index is 0.176. The van der Waals surface area contributed by atoms with E-state index in [1.807, 2.05) is 0 Å². The van der Waals surface area contributed by atoms with Crippen LogP contribution in [0.3, 0.4) is 0 Å². The number of carboxylic acid groups (broad SMARTS) is 3. The molecule has 125 valence electrons. The van der Waals surface area contributed by atoms with E-state index in [0.717, 1.165) is 4.22 Å². The molecule has 0 aliphatic carbocycles. The Bertz CT molecular complexity index is 314. The van der Waals surface area contributed by atoms with Gasteiger partial charge in [-0.25, -0.2) is 14.4 Å². The third kappa shape index (κ3) is 51.6. The number of hydrogen-bond acceptors (Lipinski definition) is 3. The molecule has 0 heterocycles. The topological polar surface area (TPSA) is 112 Å². The van der Waals surface area contributed by atoms with Gasteiger partial charge in [0.25, 0.3) is 0 Å². The number of hydrogen-bond donors (Lipinski definition) is 3. The van der Waals surface area contributed by atoms with Gasteiger partial charge in [-0.1, -0.05) is 19.7 Å². The van der Waals surface area contributed by atoms with Crippen LogP contribution in [0.2, 0.25) is 4.22 Å². The monoisotopic (exact) mass is 349 g/mol. The van der Waals surface area contributed by atoms with E-state index in [9.17, 15) is 14.4 Å². The van der Waals surface area contributed by atoms with Gasteiger partial charge in [0.2, 0.25) is 0 Å². The molecular formula is C15H25O6Ti. The molecule has 0 unspecified atom stereocenters. The molecule has 6 nitrogen and oxygen atoms in total. The maximum absolute atomic E-state index is 9.60. The average molecular weight is 349 g/mol. The summed E-state index contributed by atoms with van der Waals surface area (Å²) in [6, 6.07) is 0. The Morgan fingerprint density at radius 3 is 0.773 bits per heavy atom. The van der Waals surface area contributed by atoms with E-state index in [1.165, 1.54) is 20.8 Å². The number of carbonyl (C=O) groups is 3. The van der Waals surface area contributed by atoms with Crippen molar-refractivity contribution in [2.45, 2.75) is 38.8 Å². The molecule has 0 spiro atoms. The Balaban J connectivity index is -0.0000000994. The predicted octanol–water partition coefficient (Wildman–Crippen LogP) is 3.30. The first-order valence-electron chi connectivity index (χ1n) is 6.04. The second kappa shape index (κ2) is 17.4. The van der Waals surface area contributed by atoms with E-state index in [2.05, 4.69) is 54.0 Å². The predicted molar refractivity (Wildman–Crippen MR) is 82.4 cm³/mol. The van der Waals surface area contributed by atoms with Crippen molar-refractivity contribution in [3.05, 3.63) is 36.5 Å². The molecule has 0 rings (SSSR count). The molecule has 0 atom stereocenters. The average Bonchev–Trinajstić information content (AvgIpc) is 2.29. The van der Waals surface area contributed by atoms with Crippen LogP contribution < -0.4 is 0 Å². The summed E-state index contributed by atoms with van der Waals surface area (Å²) in [6.07, 6.45) is 0. The molecule has 0 amide bonds. The van der Waals surface area contributed by atoms with Crippen LogP contribution in [0.4, 0.5) is 0 Å². The fraction of sp³-hybridized carbons (Fsp3) is 0.400. The molecular weight excluding hydrogens is 324 g/mol. The van der Waals surface area contributed by atoms with E-state index in [4.69, 9.17) is 15.3 Å². The third-order valence-corrected chi connectivity index (χ3v) is 1.10. The normalized spacial score (nSPS) is 7.68. The molecule has 0 aromatic heterocycles. The van der Waals surface area contributed by atoms with Crippen molar-refractivity contribution in [2.75, 3.05) is 0 Å². The van der Waals surface area contributed by atoms with Crippen molar-refractivity contribution < 1.29 is 50.1 Å². The summed E-state index contributed by atoms with van der Waals surface area (Å²) in [7, 11) is 0. The van der Waals surface area contributed by atoms with Crippen LogP contribution in [0, 0.1) is 0 Å². The molecule has 0 saturated carbocycles. The summed E-state index contributed by atoms with van der Waals surface area (Å²) in [5.41, 5.74) is 0.528. The van der Waals surface area contributed by atoms with Crippen LogP contribution in [-0.2, 0) is 34.8 Å². The van der Waals surface area contributed by atoms with Crippen LogP contribution in [0.1, 0.15) is 34.6 Å². The fourth-order valence-electron chi connectivity index (χ4n) is 0. The third-order valence-electron chi connectivity index (χ3n) is 1.10. The second-order valence-corrected chi connectivity index (χ2v) is 6.21. The van der Waals surface area contributed by atoms with E-state index in [1.54, 1.807) is 0 Å². The summed E-state index contributed by atoms with van der Waals surface area (Å²) in [6.45, 7) is 18.1. The van der Waals surface area contributed by atoms with Gasteiger partial charge >= 0.3 is 56.4 Å². The zero-order chi connectivity index (χ0) is 19.0. The van der Waals surface area contributed by atoms with Crippen molar-refractivity contribution in [3.63, 3.8) is 0 Å². The fourth-order valence-corrected chi connectivity index (χ4v) is 0. The van der Waals surface area contributed by atoms with Crippen LogP contribution >= 0.6 is 0 Å². The SMILES string of the molecule is C=C(C)C(=O)O.C=C(C)C(=O)O.C=C(C)C(=O)O.C[CH](C)[Ti]. The van der Waals surface area contributed by atoms with Gasteiger partial charge in [0.15, 0.2) is 0 Å². The van der Waals surface area contributed by atoms with Gasteiger partial charge in [0, 0.05) is 16.7 Å². The van der Waals surface area contributed by atoms with Crippen molar-refractivity contribution in [2.24, 2.45) is 0 Å². The molecule has 0 bridgehead atoms. The zero-order valence-corrected chi connectivity index (χ0v) is 15.3. The zero-order valence-electron chi connectivity index (χ0n) is 13.8. The first-order chi connectivity index (χ1) is 9.66. The number of carboxylic acids is 3. The molecule has 0 aliphatic rings. The Morgan fingerprint density at radius 1 is 0.727 bits per heavy atom.